The average molecular weight is 224 g/mol. The van der Waals surface area contributed by atoms with E-state index in [0.29, 0.717) is 13.2 Å². The highest BCUT2D eigenvalue weighted by molar-refractivity contribution is 5.81. The van der Waals surface area contributed by atoms with Gasteiger partial charge in [0.05, 0.1) is 13.2 Å². The minimum Gasteiger partial charge on any atom is -0.382 e. The lowest BCUT2D eigenvalue weighted by atomic mass is 10.1. The summed E-state index contributed by atoms with van der Waals surface area (Å²) in [5, 5.41) is 0. The zero-order valence-electron chi connectivity index (χ0n) is 9.18. The van der Waals surface area contributed by atoms with Crippen LogP contribution < -0.4 is 11.3 Å². The van der Waals surface area contributed by atoms with Crippen LogP contribution in [0.1, 0.15) is 11.7 Å². The van der Waals surface area contributed by atoms with Gasteiger partial charge in [-0.2, -0.15) is 0 Å². The van der Waals surface area contributed by atoms with E-state index in [4.69, 9.17) is 15.3 Å². The molecule has 0 aromatic heterocycles. The highest BCUT2D eigenvalue weighted by Crippen LogP contribution is 2.16. The van der Waals surface area contributed by atoms with E-state index in [9.17, 15) is 4.79 Å². The van der Waals surface area contributed by atoms with Crippen molar-refractivity contribution in [2.24, 2.45) is 5.84 Å². The van der Waals surface area contributed by atoms with E-state index >= 15 is 0 Å². The number of amides is 1. The molecule has 5 nitrogen and oxygen atoms in total. The number of benzene rings is 1. The minimum atomic E-state index is -0.693. The Hall–Kier alpha value is -1.43. The van der Waals surface area contributed by atoms with Crippen molar-refractivity contribution >= 4 is 5.91 Å². The fourth-order valence-electron chi connectivity index (χ4n) is 1.28. The summed E-state index contributed by atoms with van der Waals surface area (Å²) in [4.78, 5) is 11.5. The Morgan fingerprint density at radius 2 is 2.06 bits per heavy atom. The fourth-order valence-corrected chi connectivity index (χ4v) is 1.28. The Balaban J connectivity index is 2.68. The van der Waals surface area contributed by atoms with Gasteiger partial charge >= 0.3 is 0 Å². The molecule has 1 amide bonds. The molecule has 5 heteroatoms. The van der Waals surface area contributed by atoms with E-state index in [0.717, 1.165) is 5.56 Å². The van der Waals surface area contributed by atoms with Crippen molar-refractivity contribution in [3.63, 3.8) is 0 Å². The topological polar surface area (TPSA) is 73.6 Å². The van der Waals surface area contributed by atoms with Crippen molar-refractivity contribution in [1.29, 1.82) is 0 Å². The van der Waals surface area contributed by atoms with Crippen LogP contribution in [-0.2, 0) is 14.3 Å². The largest absolute Gasteiger partial charge is 0.382 e. The normalized spacial score (nSPS) is 12.1. The van der Waals surface area contributed by atoms with E-state index < -0.39 is 6.10 Å². The van der Waals surface area contributed by atoms with E-state index in [-0.39, 0.29) is 5.91 Å². The fraction of sp³-hybridized carbons (Fsp3) is 0.364. The van der Waals surface area contributed by atoms with E-state index in [1.807, 2.05) is 30.3 Å². The third-order valence-corrected chi connectivity index (χ3v) is 2.05. The Morgan fingerprint density at radius 1 is 1.38 bits per heavy atom. The molecule has 0 radical (unpaired) electrons. The van der Waals surface area contributed by atoms with Crippen molar-refractivity contribution < 1.29 is 14.3 Å². The number of rotatable bonds is 6. The molecule has 0 aliphatic heterocycles. The van der Waals surface area contributed by atoms with Crippen molar-refractivity contribution in [2.75, 3.05) is 20.3 Å². The molecular formula is C11H16N2O3. The summed E-state index contributed by atoms with van der Waals surface area (Å²) in [6.45, 7) is 0.769. The van der Waals surface area contributed by atoms with Crippen LogP contribution in [0.5, 0.6) is 0 Å². The Bertz CT molecular complexity index is 316. The molecule has 16 heavy (non-hydrogen) atoms. The van der Waals surface area contributed by atoms with Gasteiger partial charge in [0.2, 0.25) is 0 Å². The highest BCUT2D eigenvalue weighted by Gasteiger charge is 2.19. The van der Waals surface area contributed by atoms with Crippen molar-refractivity contribution in [3.05, 3.63) is 35.9 Å². The minimum absolute atomic E-state index is 0.337. The summed E-state index contributed by atoms with van der Waals surface area (Å²) in [6.07, 6.45) is -0.693. The Morgan fingerprint density at radius 3 is 2.62 bits per heavy atom. The van der Waals surface area contributed by atoms with Gasteiger partial charge in [-0.3, -0.25) is 10.2 Å². The van der Waals surface area contributed by atoms with Crippen LogP contribution in [0.2, 0.25) is 0 Å². The molecule has 1 atom stereocenters. The molecule has 0 aliphatic carbocycles. The maximum absolute atomic E-state index is 11.5. The SMILES string of the molecule is COCCOC(C(=O)NN)c1ccccc1. The van der Waals surface area contributed by atoms with Gasteiger partial charge in [0.1, 0.15) is 0 Å². The van der Waals surface area contributed by atoms with Crippen LogP contribution in [0.25, 0.3) is 0 Å². The van der Waals surface area contributed by atoms with Crippen LogP contribution in [0.15, 0.2) is 30.3 Å². The van der Waals surface area contributed by atoms with Crippen LogP contribution in [-0.4, -0.2) is 26.2 Å². The quantitative estimate of drug-likeness (QED) is 0.317. The zero-order chi connectivity index (χ0) is 11.8. The maximum atomic E-state index is 11.5. The second-order valence-electron chi connectivity index (χ2n) is 3.16. The molecule has 1 rings (SSSR count). The third-order valence-electron chi connectivity index (χ3n) is 2.05. The molecule has 0 bridgehead atoms. The lowest BCUT2D eigenvalue weighted by Gasteiger charge is -2.16. The predicted octanol–water partition coefficient (Wildman–Crippen LogP) is 0.381. The van der Waals surface area contributed by atoms with Crippen LogP contribution in [0.3, 0.4) is 0 Å². The second-order valence-corrected chi connectivity index (χ2v) is 3.16. The van der Waals surface area contributed by atoms with Gasteiger partial charge in [-0.25, -0.2) is 5.84 Å². The summed E-state index contributed by atoms with van der Waals surface area (Å²) in [7, 11) is 1.57. The Kier molecular flexibility index (Phi) is 5.49. The second kappa shape index (κ2) is 6.95. The molecule has 0 saturated heterocycles. The molecule has 0 aliphatic rings. The number of hydrogen-bond donors (Lipinski definition) is 2. The first-order valence-corrected chi connectivity index (χ1v) is 4.95. The van der Waals surface area contributed by atoms with Gasteiger partial charge in [-0.15, -0.1) is 0 Å². The molecule has 0 fully saturated rings. The first-order valence-electron chi connectivity index (χ1n) is 4.95. The molecule has 1 aromatic rings. The number of hydrogen-bond acceptors (Lipinski definition) is 4. The maximum Gasteiger partial charge on any atom is 0.267 e. The first kappa shape index (κ1) is 12.6. The zero-order valence-corrected chi connectivity index (χ0v) is 9.18. The van der Waals surface area contributed by atoms with Gasteiger partial charge in [0, 0.05) is 7.11 Å². The van der Waals surface area contributed by atoms with Crippen LogP contribution in [0.4, 0.5) is 0 Å². The highest BCUT2D eigenvalue weighted by atomic mass is 16.5. The van der Waals surface area contributed by atoms with E-state index in [2.05, 4.69) is 5.43 Å². The van der Waals surface area contributed by atoms with Gasteiger partial charge in [0.15, 0.2) is 6.10 Å². The smallest absolute Gasteiger partial charge is 0.267 e. The van der Waals surface area contributed by atoms with Gasteiger partial charge in [-0.05, 0) is 5.56 Å². The monoisotopic (exact) mass is 224 g/mol. The molecular weight excluding hydrogens is 208 g/mol. The molecule has 0 heterocycles. The van der Waals surface area contributed by atoms with Crippen LogP contribution in [0, 0.1) is 0 Å². The number of ether oxygens (including phenoxy) is 2. The summed E-state index contributed by atoms with van der Waals surface area (Å²) in [6, 6.07) is 9.17. The summed E-state index contributed by atoms with van der Waals surface area (Å²) in [5.41, 5.74) is 2.85. The third kappa shape index (κ3) is 3.62. The number of nitrogens with one attached hydrogen (secondary N) is 1. The number of methoxy groups -OCH3 is 1. The average Bonchev–Trinajstić information content (AvgIpc) is 2.35. The first-order chi connectivity index (χ1) is 7.79. The molecule has 3 N–H and O–H groups in total. The summed E-state index contributed by atoms with van der Waals surface area (Å²) < 4.78 is 10.3. The van der Waals surface area contributed by atoms with Crippen molar-refractivity contribution in [3.8, 4) is 0 Å². The predicted molar refractivity (Wildman–Crippen MR) is 59.3 cm³/mol. The van der Waals surface area contributed by atoms with Gasteiger partial charge in [0.25, 0.3) is 5.91 Å². The van der Waals surface area contributed by atoms with Crippen molar-refractivity contribution in [1.82, 2.24) is 5.43 Å². The van der Waals surface area contributed by atoms with Gasteiger partial charge in [-0.1, -0.05) is 30.3 Å². The number of carbonyl (C=O) groups is 1. The molecule has 0 saturated carbocycles. The van der Waals surface area contributed by atoms with Crippen LogP contribution >= 0.6 is 0 Å². The number of hydrazine groups is 1. The Labute approximate surface area is 94.5 Å². The summed E-state index contributed by atoms with van der Waals surface area (Å²) >= 11 is 0. The molecule has 88 valence electrons. The number of nitrogens with two attached hydrogens (primary N) is 1. The standard InChI is InChI=1S/C11H16N2O3/c1-15-7-8-16-10(11(14)13-12)9-5-3-2-4-6-9/h2-6,10H,7-8,12H2,1H3,(H,13,14). The van der Waals surface area contributed by atoms with Gasteiger partial charge < -0.3 is 9.47 Å². The molecule has 1 unspecified atom stereocenters. The lowest BCUT2D eigenvalue weighted by molar-refractivity contribution is -0.134. The lowest BCUT2D eigenvalue weighted by Crippen LogP contribution is -2.36. The summed E-state index contributed by atoms with van der Waals surface area (Å²) in [5.74, 6) is 4.73. The number of carbonyl (C=O) groups excluding carboxylic acids is 1. The van der Waals surface area contributed by atoms with E-state index in [1.165, 1.54) is 0 Å². The molecule has 0 spiro atoms. The van der Waals surface area contributed by atoms with E-state index in [1.54, 1.807) is 7.11 Å². The van der Waals surface area contributed by atoms with Crippen molar-refractivity contribution in [2.45, 2.75) is 6.10 Å². The molecule has 1 aromatic carbocycles.